The first-order chi connectivity index (χ1) is 11.8. The minimum Gasteiger partial charge on any atom is -0.494 e. The van der Waals surface area contributed by atoms with Gasteiger partial charge in [0.25, 0.3) is 0 Å². The van der Waals surface area contributed by atoms with E-state index in [1.807, 2.05) is 47.0 Å². The zero-order valence-electron chi connectivity index (χ0n) is 13.1. The summed E-state index contributed by atoms with van der Waals surface area (Å²) in [5.41, 5.74) is 1.01. The number of hydrogen-bond donors (Lipinski definition) is 0. The molecular formula is C20H17NO2S. The molecule has 1 aromatic heterocycles. The van der Waals surface area contributed by atoms with Gasteiger partial charge in [0, 0.05) is 6.54 Å². The Morgan fingerprint density at radius 3 is 2.62 bits per heavy atom. The van der Waals surface area contributed by atoms with Gasteiger partial charge in [-0.1, -0.05) is 53.8 Å². The van der Waals surface area contributed by atoms with Gasteiger partial charge in [0.15, 0.2) is 0 Å². The van der Waals surface area contributed by atoms with Crippen LogP contribution in [0.1, 0.15) is 6.42 Å². The van der Waals surface area contributed by atoms with E-state index in [9.17, 15) is 4.79 Å². The van der Waals surface area contributed by atoms with Crippen LogP contribution in [0.25, 0.3) is 21.0 Å². The van der Waals surface area contributed by atoms with Gasteiger partial charge in [0.1, 0.15) is 5.75 Å². The second kappa shape index (κ2) is 6.49. The Hall–Kier alpha value is -2.59. The zero-order valence-corrected chi connectivity index (χ0v) is 14.0. The zero-order chi connectivity index (χ0) is 16.4. The molecule has 3 aromatic carbocycles. The lowest BCUT2D eigenvalue weighted by atomic mass is 10.1. The Morgan fingerprint density at radius 1 is 0.917 bits per heavy atom. The fourth-order valence-electron chi connectivity index (χ4n) is 2.90. The fourth-order valence-corrected chi connectivity index (χ4v) is 3.81. The van der Waals surface area contributed by atoms with Crippen LogP contribution in [0.5, 0.6) is 5.75 Å². The molecule has 0 bridgehead atoms. The fraction of sp³-hybridized carbons (Fsp3) is 0.150. The molecule has 1 heterocycles. The highest BCUT2D eigenvalue weighted by molar-refractivity contribution is 7.16. The van der Waals surface area contributed by atoms with Crippen molar-refractivity contribution in [2.45, 2.75) is 13.0 Å². The summed E-state index contributed by atoms with van der Waals surface area (Å²) in [4.78, 5) is 12.2. The van der Waals surface area contributed by atoms with Crippen molar-refractivity contribution in [2.75, 3.05) is 6.61 Å². The van der Waals surface area contributed by atoms with E-state index in [4.69, 9.17) is 4.74 Å². The SMILES string of the molecule is O=c1sc2ccccc2n1CCCOc1ccc2ccccc2c1. The molecule has 0 aliphatic carbocycles. The molecule has 4 aromatic rings. The van der Waals surface area contributed by atoms with E-state index in [0.29, 0.717) is 13.2 Å². The van der Waals surface area contributed by atoms with E-state index in [0.717, 1.165) is 22.4 Å². The molecule has 0 spiro atoms. The number of para-hydroxylation sites is 1. The molecule has 24 heavy (non-hydrogen) atoms. The predicted octanol–water partition coefficient (Wildman–Crippen LogP) is 4.69. The molecule has 3 nitrogen and oxygen atoms in total. The first-order valence-corrected chi connectivity index (χ1v) is 8.83. The normalized spacial score (nSPS) is 11.2. The standard InChI is InChI=1S/C20H17NO2S/c22-20-21(18-8-3-4-9-19(18)24-20)12-5-13-23-17-11-10-15-6-1-2-7-16(15)14-17/h1-4,6-11,14H,5,12-13H2. The molecule has 0 saturated heterocycles. The summed E-state index contributed by atoms with van der Waals surface area (Å²) in [5, 5.41) is 2.39. The number of benzene rings is 3. The summed E-state index contributed by atoms with van der Waals surface area (Å²) in [6.07, 6.45) is 0.799. The highest BCUT2D eigenvalue weighted by Crippen LogP contribution is 2.21. The van der Waals surface area contributed by atoms with Gasteiger partial charge >= 0.3 is 4.87 Å². The van der Waals surface area contributed by atoms with Crippen LogP contribution in [0.15, 0.2) is 71.5 Å². The van der Waals surface area contributed by atoms with E-state index in [1.165, 1.54) is 22.1 Å². The first kappa shape index (κ1) is 15.0. The molecule has 0 radical (unpaired) electrons. The summed E-state index contributed by atoms with van der Waals surface area (Å²) >= 11 is 1.30. The van der Waals surface area contributed by atoms with Crippen LogP contribution in [0.2, 0.25) is 0 Å². The minimum atomic E-state index is 0.0990. The molecule has 0 amide bonds. The molecule has 0 unspecified atom stereocenters. The van der Waals surface area contributed by atoms with E-state index in [-0.39, 0.29) is 4.87 Å². The third-order valence-corrected chi connectivity index (χ3v) is 5.05. The van der Waals surface area contributed by atoms with Gasteiger partial charge in [-0.3, -0.25) is 9.36 Å². The van der Waals surface area contributed by atoms with Crippen LogP contribution in [-0.2, 0) is 6.54 Å². The topological polar surface area (TPSA) is 31.2 Å². The van der Waals surface area contributed by atoms with Gasteiger partial charge < -0.3 is 4.74 Å². The third kappa shape index (κ3) is 2.93. The summed E-state index contributed by atoms with van der Waals surface area (Å²) < 4.78 is 8.73. The van der Waals surface area contributed by atoms with Crippen LogP contribution >= 0.6 is 11.3 Å². The van der Waals surface area contributed by atoms with Crippen molar-refractivity contribution in [3.8, 4) is 5.75 Å². The van der Waals surface area contributed by atoms with Crippen LogP contribution in [0, 0.1) is 0 Å². The first-order valence-electron chi connectivity index (χ1n) is 8.01. The van der Waals surface area contributed by atoms with Crippen molar-refractivity contribution in [1.29, 1.82) is 0 Å². The lowest BCUT2D eigenvalue weighted by Crippen LogP contribution is -2.14. The number of thiazole rings is 1. The van der Waals surface area contributed by atoms with Gasteiger partial charge in [-0.25, -0.2) is 0 Å². The molecule has 0 saturated carbocycles. The average molecular weight is 335 g/mol. The maximum atomic E-state index is 12.1. The number of rotatable bonds is 5. The van der Waals surface area contributed by atoms with E-state index >= 15 is 0 Å². The largest absolute Gasteiger partial charge is 0.494 e. The van der Waals surface area contributed by atoms with E-state index < -0.39 is 0 Å². The summed E-state index contributed by atoms with van der Waals surface area (Å²) in [5.74, 6) is 0.872. The van der Waals surface area contributed by atoms with Crippen molar-refractivity contribution in [3.05, 3.63) is 76.4 Å². The third-order valence-electron chi connectivity index (χ3n) is 4.09. The second-order valence-electron chi connectivity index (χ2n) is 5.70. The molecule has 120 valence electrons. The predicted molar refractivity (Wildman–Crippen MR) is 100 cm³/mol. The molecular weight excluding hydrogens is 318 g/mol. The van der Waals surface area contributed by atoms with Crippen molar-refractivity contribution in [3.63, 3.8) is 0 Å². The molecule has 0 N–H and O–H groups in total. The van der Waals surface area contributed by atoms with Crippen LogP contribution < -0.4 is 9.61 Å². The number of nitrogens with zero attached hydrogens (tertiary/aromatic N) is 1. The van der Waals surface area contributed by atoms with Gasteiger partial charge in [-0.05, 0) is 41.5 Å². The van der Waals surface area contributed by atoms with Crippen LogP contribution in [-0.4, -0.2) is 11.2 Å². The maximum Gasteiger partial charge on any atom is 0.308 e. The smallest absolute Gasteiger partial charge is 0.308 e. The van der Waals surface area contributed by atoms with Gasteiger partial charge in [0.05, 0.1) is 16.8 Å². The Kier molecular flexibility index (Phi) is 4.05. The minimum absolute atomic E-state index is 0.0990. The lowest BCUT2D eigenvalue weighted by molar-refractivity contribution is 0.302. The van der Waals surface area contributed by atoms with Crippen molar-refractivity contribution in [2.24, 2.45) is 0 Å². The Labute approximate surface area is 143 Å². The molecule has 0 atom stereocenters. The number of aromatic nitrogens is 1. The molecule has 4 heteroatoms. The molecule has 0 aliphatic heterocycles. The number of hydrogen-bond acceptors (Lipinski definition) is 3. The van der Waals surface area contributed by atoms with E-state index in [2.05, 4.69) is 24.3 Å². The molecule has 0 aliphatic rings. The molecule has 0 fully saturated rings. The molecule has 4 rings (SSSR count). The summed E-state index contributed by atoms with van der Waals surface area (Å²) in [7, 11) is 0. The van der Waals surface area contributed by atoms with Gasteiger partial charge in [-0.2, -0.15) is 0 Å². The van der Waals surface area contributed by atoms with E-state index in [1.54, 1.807) is 0 Å². The van der Waals surface area contributed by atoms with Gasteiger partial charge in [-0.15, -0.1) is 0 Å². The van der Waals surface area contributed by atoms with Gasteiger partial charge in [0.2, 0.25) is 0 Å². The van der Waals surface area contributed by atoms with Crippen molar-refractivity contribution >= 4 is 32.3 Å². The lowest BCUT2D eigenvalue weighted by Gasteiger charge is -2.08. The maximum absolute atomic E-state index is 12.1. The van der Waals surface area contributed by atoms with Crippen molar-refractivity contribution in [1.82, 2.24) is 4.57 Å². The highest BCUT2D eigenvalue weighted by atomic mass is 32.1. The summed E-state index contributed by atoms with van der Waals surface area (Å²) in [6.45, 7) is 1.27. The highest BCUT2D eigenvalue weighted by Gasteiger charge is 2.06. The number of ether oxygens (including phenoxy) is 1. The quantitative estimate of drug-likeness (QED) is 0.496. The summed E-state index contributed by atoms with van der Waals surface area (Å²) in [6, 6.07) is 22.3. The Balaban J connectivity index is 1.41. The Bertz CT molecular complexity index is 1050. The number of aryl methyl sites for hydroxylation is 1. The van der Waals surface area contributed by atoms with Crippen LogP contribution in [0.4, 0.5) is 0 Å². The monoisotopic (exact) mass is 335 g/mol. The van der Waals surface area contributed by atoms with Crippen molar-refractivity contribution < 1.29 is 4.74 Å². The average Bonchev–Trinajstić information content (AvgIpc) is 2.94. The second-order valence-corrected chi connectivity index (χ2v) is 6.69. The Morgan fingerprint density at radius 2 is 1.71 bits per heavy atom. The number of fused-ring (bicyclic) bond motifs is 2. The van der Waals surface area contributed by atoms with Crippen LogP contribution in [0.3, 0.4) is 0 Å².